The zero-order valence-corrected chi connectivity index (χ0v) is 8.57. The quantitative estimate of drug-likeness (QED) is 0.622. The maximum Gasteiger partial charge on any atom is 0.310 e. The van der Waals surface area contributed by atoms with Crippen LogP contribution >= 0.6 is 0 Å². The molecule has 1 aliphatic rings. The van der Waals surface area contributed by atoms with Crippen molar-refractivity contribution in [2.75, 3.05) is 6.61 Å². The van der Waals surface area contributed by atoms with Crippen LogP contribution in [-0.2, 0) is 19.1 Å². The predicted molar refractivity (Wildman–Crippen MR) is 49.4 cm³/mol. The van der Waals surface area contributed by atoms with Crippen LogP contribution in [0.1, 0.15) is 20.8 Å². The van der Waals surface area contributed by atoms with E-state index in [1.165, 1.54) is 6.08 Å². The summed E-state index contributed by atoms with van der Waals surface area (Å²) < 4.78 is 10.1. The molecule has 0 unspecified atom stereocenters. The van der Waals surface area contributed by atoms with Gasteiger partial charge in [-0.05, 0) is 18.6 Å². The highest BCUT2D eigenvalue weighted by molar-refractivity contribution is 5.92. The summed E-state index contributed by atoms with van der Waals surface area (Å²) in [5.41, 5.74) is 0.634. The van der Waals surface area contributed by atoms with Gasteiger partial charge >= 0.3 is 5.97 Å². The van der Waals surface area contributed by atoms with E-state index in [9.17, 15) is 9.59 Å². The molecule has 78 valence electrons. The summed E-state index contributed by atoms with van der Waals surface area (Å²) in [7, 11) is 0. The van der Waals surface area contributed by atoms with Crippen LogP contribution in [0, 0.1) is 5.92 Å². The van der Waals surface area contributed by atoms with Crippen LogP contribution in [0.4, 0.5) is 0 Å². The Hall–Kier alpha value is -1.16. The number of rotatable bonds is 2. The smallest absolute Gasteiger partial charge is 0.310 e. The molecule has 0 aromatic heterocycles. The molecule has 0 fully saturated rings. The zero-order valence-electron chi connectivity index (χ0n) is 8.57. The molecule has 0 spiro atoms. The monoisotopic (exact) mass is 198 g/mol. The number of carbonyl (C=O) groups is 2. The molecule has 0 aromatic rings. The predicted octanol–water partition coefficient (Wildman–Crippen LogP) is 1.06. The van der Waals surface area contributed by atoms with E-state index in [4.69, 9.17) is 9.47 Å². The average Bonchev–Trinajstić information content (AvgIpc) is 2.09. The van der Waals surface area contributed by atoms with Gasteiger partial charge < -0.3 is 9.47 Å². The van der Waals surface area contributed by atoms with Gasteiger partial charge in [0.2, 0.25) is 6.29 Å². The molecule has 1 aliphatic heterocycles. The molecule has 4 heteroatoms. The van der Waals surface area contributed by atoms with Gasteiger partial charge in [-0.2, -0.15) is 0 Å². The molecule has 0 bridgehead atoms. The first-order chi connectivity index (χ1) is 6.50. The lowest BCUT2D eigenvalue weighted by atomic mass is 10.2. The van der Waals surface area contributed by atoms with Crippen LogP contribution in [-0.4, -0.2) is 24.6 Å². The molecule has 0 N–H and O–H groups in total. The Kier molecular flexibility index (Phi) is 3.41. The summed E-state index contributed by atoms with van der Waals surface area (Å²) in [6, 6.07) is 0. The summed E-state index contributed by atoms with van der Waals surface area (Å²) in [6.07, 6.45) is 0.754. The minimum Gasteiger partial charge on any atom is -0.431 e. The molecule has 1 atom stereocenters. The molecule has 0 aliphatic carbocycles. The Morgan fingerprint density at radius 1 is 1.64 bits per heavy atom. The third kappa shape index (κ3) is 2.67. The fraction of sp³-hybridized carbons (Fsp3) is 0.600. The maximum absolute atomic E-state index is 11.2. The van der Waals surface area contributed by atoms with Crippen molar-refractivity contribution in [3.63, 3.8) is 0 Å². The summed E-state index contributed by atoms with van der Waals surface area (Å²) >= 11 is 0. The van der Waals surface area contributed by atoms with Gasteiger partial charge in [-0.3, -0.25) is 9.59 Å². The average molecular weight is 198 g/mol. The molecular formula is C10H14O4. The van der Waals surface area contributed by atoms with Crippen molar-refractivity contribution in [3.8, 4) is 0 Å². The van der Waals surface area contributed by atoms with E-state index >= 15 is 0 Å². The first-order valence-corrected chi connectivity index (χ1v) is 4.54. The van der Waals surface area contributed by atoms with Gasteiger partial charge in [0.1, 0.15) is 6.61 Å². The number of esters is 1. The van der Waals surface area contributed by atoms with Gasteiger partial charge in [-0.25, -0.2) is 0 Å². The number of carbonyl (C=O) groups excluding carboxylic acids is 2. The fourth-order valence-corrected chi connectivity index (χ4v) is 1.02. The topological polar surface area (TPSA) is 52.6 Å². The van der Waals surface area contributed by atoms with Crippen molar-refractivity contribution in [1.82, 2.24) is 0 Å². The van der Waals surface area contributed by atoms with E-state index in [0.717, 1.165) is 0 Å². The minimum absolute atomic E-state index is 0.0205. The number of ketones is 1. The third-order valence-corrected chi connectivity index (χ3v) is 1.83. The second-order valence-corrected chi connectivity index (χ2v) is 3.59. The van der Waals surface area contributed by atoms with Gasteiger partial charge in [0, 0.05) is 0 Å². The lowest BCUT2D eigenvalue weighted by Gasteiger charge is -2.22. The first-order valence-electron chi connectivity index (χ1n) is 4.54. The Labute approximate surface area is 82.9 Å². The SMILES string of the molecule is CC1=CC(=O)CO[C@@H]1OC(=O)C(C)C. The van der Waals surface area contributed by atoms with E-state index < -0.39 is 6.29 Å². The highest BCUT2D eigenvalue weighted by Crippen LogP contribution is 2.14. The molecule has 1 heterocycles. The van der Waals surface area contributed by atoms with Gasteiger partial charge in [-0.1, -0.05) is 13.8 Å². The van der Waals surface area contributed by atoms with Gasteiger partial charge in [0.05, 0.1) is 5.92 Å². The molecule has 0 saturated carbocycles. The Bertz CT molecular complexity index is 278. The highest BCUT2D eigenvalue weighted by Gasteiger charge is 2.23. The van der Waals surface area contributed by atoms with Crippen molar-refractivity contribution in [2.24, 2.45) is 5.92 Å². The zero-order chi connectivity index (χ0) is 10.7. The van der Waals surface area contributed by atoms with Crippen LogP contribution < -0.4 is 0 Å². The summed E-state index contributed by atoms with van der Waals surface area (Å²) in [5, 5.41) is 0. The third-order valence-electron chi connectivity index (χ3n) is 1.83. The van der Waals surface area contributed by atoms with E-state index in [1.807, 2.05) is 0 Å². The normalized spacial score (nSPS) is 22.1. The summed E-state index contributed by atoms with van der Waals surface area (Å²) in [6.45, 7) is 5.17. The number of ether oxygens (including phenoxy) is 2. The molecular weight excluding hydrogens is 184 g/mol. The number of hydrogen-bond donors (Lipinski definition) is 0. The molecule has 1 rings (SSSR count). The molecule has 4 nitrogen and oxygen atoms in total. The van der Waals surface area contributed by atoms with Crippen molar-refractivity contribution in [3.05, 3.63) is 11.6 Å². The molecule has 0 radical (unpaired) electrons. The van der Waals surface area contributed by atoms with Crippen LogP contribution in [0.3, 0.4) is 0 Å². The van der Waals surface area contributed by atoms with Crippen molar-refractivity contribution in [1.29, 1.82) is 0 Å². The Morgan fingerprint density at radius 2 is 2.29 bits per heavy atom. The Balaban J connectivity index is 2.58. The molecule has 0 saturated heterocycles. The molecule has 0 amide bonds. The number of hydrogen-bond acceptors (Lipinski definition) is 4. The van der Waals surface area contributed by atoms with Crippen molar-refractivity contribution >= 4 is 11.8 Å². The molecule has 0 aromatic carbocycles. The fourth-order valence-electron chi connectivity index (χ4n) is 1.02. The second-order valence-electron chi connectivity index (χ2n) is 3.59. The van der Waals surface area contributed by atoms with Gasteiger partial charge in [0.25, 0.3) is 0 Å². The Morgan fingerprint density at radius 3 is 2.79 bits per heavy atom. The first kappa shape index (κ1) is 10.9. The standard InChI is InChI=1S/C10H14O4/c1-6(2)9(12)14-10-7(3)4-8(11)5-13-10/h4,6,10H,5H2,1-3H3/t10-/m1/s1. The van der Waals surface area contributed by atoms with E-state index in [-0.39, 0.29) is 24.3 Å². The molecule has 14 heavy (non-hydrogen) atoms. The lowest BCUT2D eigenvalue weighted by molar-refractivity contribution is -0.177. The van der Waals surface area contributed by atoms with E-state index in [0.29, 0.717) is 5.57 Å². The van der Waals surface area contributed by atoms with Crippen LogP contribution in [0.2, 0.25) is 0 Å². The maximum atomic E-state index is 11.2. The van der Waals surface area contributed by atoms with Crippen LogP contribution in [0.25, 0.3) is 0 Å². The van der Waals surface area contributed by atoms with E-state index in [2.05, 4.69) is 0 Å². The van der Waals surface area contributed by atoms with Gasteiger partial charge in [-0.15, -0.1) is 0 Å². The van der Waals surface area contributed by atoms with Gasteiger partial charge in [0.15, 0.2) is 5.78 Å². The lowest BCUT2D eigenvalue weighted by Crippen LogP contribution is -2.30. The highest BCUT2D eigenvalue weighted by atomic mass is 16.7. The van der Waals surface area contributed by atoms with Crippen LogP contribution in [0.5, 0.6) is 0 Å². The summed E-state index contributed by atoms with van der Waals surface area (Å²) in [4.78, 5) is 22.1. The minimum atomic E-state index is -0.692. The second kappa shape index (κ2) is 4.37. The van der Waals surface area contributed by atoms with Crippen molar-refractivity contribution < 1.29 is 19.1 Å². The van der Waals surface area contributed by atoms with Crippen molar-refractivity contribution in [2.45, 2.75) is 27.1 Å². The van der Waals surface area contributed by atoms with Crippen LogP contribution in [0.15, 0.2) is 11.6 Å². The van der Waals surface area contributed by atoms with E-state index in [1.54, 1.807) is 20.8 Å². The largest absolute Gasteiger partial charge is 0.431 e. The summed E-state index contributed by atoms with van der Waals surface area (Å²) in [5.74, 6) is -0.611.